The summed E-state index contributed by atoms with van der Waals surface area (Å²) in [5.74, 6) is 0.579. The molecule has 0 amide bonds. The summed E-state index contributed by atoms with van der Waals surface area (Å²) in [6, 6.07) is 6.79. The van der Waals surface area contributed by atoms with Gasteiger partial charge in [0.1, 0.15) is 18.1 Å². The maximum atomic E-state index is 12.2. The molecule has 162 valence electrons. The van der Waals surface area contributed by atoms with Crippen LogP contribution in [0.25, 0.3) is 11.4 Å². The van der Waals surface area contributed by atoms with Crippen LogP contribution in [0.5, 0.6) is 5.75 Å². The maximum Gasteiger partial charge on any atom is 0.573 e. The molecular weight excluding hydrogens is 439 g/mol. The minimum Gasteiger partial charge on any atom is -0.406 e. The summed E-state index contributed by atoms with van der Waals surface area (Å²) in [6.45, 7) is 5.57. The SMILES string of the molecule is C=NN(Cc1ccnc(Cl)n1)/C(C)=N\Cc1nc(-c2ccc(OC(F)(F)F)cc2)no1. The molecule has 0 bridgehead atoms. The van der Waals surface area contributed by atoms with Gasteiger partial charge in [-0.3, -0.25) is 4.99 Å². The molecule has 0 radical (unpaired) electrons. The zero-order chi connectivity index (χ0) is 22.4. The highest BCUT2D eigenvalue weighted by molar-refractivity contribution is 6.28. The molecule has 0 N–H and O–H groups in total. The van der Waals surface area contributed by atoms with Crippen LogP contribution in [0.4, 0.5) is 13.2 Å². The molecule has 0 aliphatic rings. The molecule has 0 unspecified atom stereocenters. The fourth-order valence-electron chi connectivity index (χ4n) is 2.38. The average Bonchev–Trinajstić information content (AvgIpc) is 3.19. The lowest BCUT2D eigenvalue weighted by atomic mass is 10.2. The molecule has 31 heavy (non-hydrogen) atoms. The minimum atomic E-state index is -4.76. The molecule has 0 aliphatic heterocycles. The van der Waals surface area contributed by atoms with Crippen LogP contribution >= 0.6 is 11.6 Å². The van der Waals surface area contributed by atoms with Gasteiger partial charge in [0.25, 0.3) is 0 Å². The van der Waals surface area contributed by atoms with Gasteiger partial charge < -0.3 is 9.26 Å². The van der Waals surface area contributed by atoms with Gasteiger partial charge in [-0.2, -0.15) is 10.1 Å². The second-order valence-corrected chi connectivity index (χ2v) is 6.30. The zero-order valence-corrected chi connectivity index (χ0v) is 16.8. The number of hydrogen-bond donors (Lipinski definition) is 0. The lowest BCUT2D eigenvalue weighted by molar-refractivity contribution is -0.274. The van der Waals surface area contributed by atoms with Crippen molar-refractivity contribution >= 4 is 24.2 Å². The summed E-state index contributed by atoms with van der Waals surface area (Å²) in [5.41, 5.74) is 1.08. The molecule has 3 aromatic rings. The van der Waals surface area contributed by atoms with E-state index in [0.29, 0.717) is 17.1 Å². The molecule has 0 fully saturated rings. The standard InChI is InChI=1S/C18H15ClF3N7O2/c1-11(29(23-2)10-13-7-8-24-17(19)26-13)25-9-15-27-16(28-31-15)12-3-5-14(6-4-12)30-18(20,21)22/h3-8H,2,9-10H2,1H3/b25-11-. The van der Waals surface area contributed by atoms with Crippen LogP contribution in [-0.2, 0) is 13.1 Å². The van der Waals surface area contributed by atoms with Crippen LogP contribution < -0.4 is 4.74 Å². The molecule has 0 spiro atoms. The highest BCUT2D eigenvalue weighted by atomic mass is 35.5. The first-order valence-electron chi connectivity index (χ1n) is 8.65. The molecule has 0 saturated heterocycles. The first kappa shape index (κ1) is 22.2. The fourth-order valence-corrected chi connectivity index (χ4v) is 2.55. The number of rotatable bonds is 7. The van der Waals surface area contributed by atoms with E-state index in [4.69, 9.17) is 16.1 Å². The second kappa shape index (κ2) is 9.51. The van der Waals surface area contributed by atoms with Gasteiger partial charge in [-0.15, -0.1) is 13.2 Å². The van der Waals surface area contributed by atoms with E-state index in [1.165, 1.54) is 23.3 Å². The number of alkyl halides is 3. The van der Waals surface area contributed by atoms with Crippen LogP contribution in [-0.4, -0.2) is 44.0 Å². The summed E-state index contributed by atoms with van der Waals surface area (Å²) < 4.78 is 45.7. The van der Waals surface area contributed by atoms with Gasteiger partial charge in [0.2, 0.25) is 17.0 Å². The normalized spacial score (nSPS) is 12.0. The Bertz CT molecular complexity index is 1070. The molecule has 0 aliphatic carbocycles. The minimum absolute atomic E-state index is 0.0602. The molecule has 0 saturated carbocycles. The fraction of sp³-hybridized carbons (Fsp3) is 0.222. The smallest absolute Gasteiger partial charge is 0.406 e. The molecule has 9 nitrogen and oxygen atoms in total. The average molecular weight is 454 g/mol. The number of aliphatic imine (C=N–C) groups is 1. The van der Waals surface area contributed by atoms with E-state index >= 15 is 0 Å². The number of hydrazone groups is 1. The molecule has 13 heteroatoms. The predicted octanol–water partition coefficient (Wildman–Crippen LogP) is 4.11. The number of ether oxygens (including phenoxy) is 1. The van der Waals surface area contributed by atoms with Gasteiger partial charge in [0, 0.05) is 18.5 Å². The number of hydrogen-bond acceptors (Lipinski definition) is 8. The van der Waals surface area contributed by atoms with Crippen LogP contribution in [0.15, 0.2) is 51.1 Å². The first-order chi connectivity index (χ1) is 14.7. The summed E-state index contributed by atoms with van der Waals surface area (Å²) >= 11 is 5.78. The third-order valence-corrected chi connectivity index (χ3v) is 3.98. The Hall–Kier alpha value is -3.54. The van der Waals surface area contributed by atoms with Crippen molar-refractivity contribution in [3.63, 3.8) is 0 Å². The summed E-state index contributed by atoms with van der Waals surface area (Å²) in [6.07, 6.45) is -3.23. The summed E-state index contributed by atoms with van der Waals surface area (Å²) in [5, 5.41) is 9.34. The van der Waals surface area contributed by atoms with Gasteiger partial charge >= 0.3 is 6.36 Å². The second-order valence-electron chi connectivity index (χ2n) is 5.96. The van der Waals surface area contributed by atoms with E-state index < -0.39 is 6.36 Å². The number of amidine groups is 1. The number of nitrogens with zero attached hydrogens (tertiary/aromatic N) is 7. The van der Waals surface area contributed by atoms with Crippen LogP contribution in [0, 0.1) is 0 Å². The van der Waals surface area contributed by atoms with E-state index in [1.807, 2.05) is 0 Å². The van der Waals surface area contributed by atoms with Crippen molar-refractivity contribution in [2.75, 3.05) is 0 Å². The van der Waals surface area contributed by atoms with Gasteiger partial charge in [-0.05, 0) is 48.9 Å². The number of aromatic nitrogens is 4. The third kappa shape index (κ3) is 6.47. The zero-order valence-electron chi connectivity index (χ0n) is 16.0. The Morgan fingerprint density at radius 3 is 2.61 bits per heavy atom. The monoisotopic (exact) mass is 453 g/mol. The van der Waals surface area contributed by atoms with Gasteiger partial charge in [0.15, 0.2) is 0 Å². The molecular formula is C18H15ClF3N7O2. The van der Waals surface area contributed by atoms with Crippen molar-refractivity contribution < 1.29 is 22.4 Å². The van der Waals surface area contributed by atoms with Crippen molar-refractivity contribution in [2.45, 2.75) is 26.4 Å². The van der Waals surface area contributed by atoms with Crippen LogP contribution in [0.2, 0.25) is 5.28 Å². The summed E-state index contributed by atoms with van der Waals surface area (Å²) in [4.78, 5) is 16.4. The Labute approximate surface area is 179 Å². The number of benzene rings is 1. The Morgan fingerprint density at radius 1 is 1.23 bits per heavy atom. The largest absolute Gasteiger partial charge is 0.573 e. The topological polar surface area (TPSA) is 102 Å². The van der Waals surface area contributed by atoms with Gasteiger partial charge in [0.05, 0.1) is 12.2 Å². The van der Waals surface area contributed by atoms with Crippen molar-refractivity contribution in [3.05, 3.63) is 53.4 Å². The molecule has 1 aromatic carbocycles. The molecule has 0 atom stereocenters. The molecule has 3 rings (SSSR count). The van der Waals surface area contributed by atoms with Gasteiger partial charge in [-0.25, -0.2) is 15.0 Å². The first-order valence-corrected chi connectivity index (χ1v) is 9.03. The number of halogens is 4. The molecule has 2 heterocycles. The van der Waals surface area contributed by atoms with Crippen molar-refractivity contribution in [2.24, 2.45) is 10.1 Å². The van der Waals surface area contributed by atoms with E-state index in [-0.39, 0.29) is 35.8 Å². The quantitative estimate of drug-likeness (QED) is 0.229. The summed E-state index contributed by atoms with van der Waals surface area (Å²) in [7, 11) is 0. The highest BCUT2D eigenvalue weighted by Crippen LogP contribution is 2.25. The Morgan fingerprint density at radius 2 is 1.97 bits per heavy atom. The van der Waals surface area contributed by atoms with E-state index in [1.54, 1.807) is 13.0 Å². The maximum absolute atomic E-state index is 12.2. The van der Waals surface area contributed by atoms with E-state index in [9.17, 15) is 13.2 Å². The molecule has 2 aromatic heterocycles. The van der Waals surface area contributed by atoms with E-state index in [0.717, 1.165) is 12.1 Å². The van der Waals surface area contributed by atoms with E-state index in [2.05, 4.69) is 41.7 Å². The van der Waals surface area contributed by atoms with Crippen molar-refractivity contribution in [1.29, 1.82) is 0 Å². The van der Waals surface area contributed by atoms with Gasteiger partial charge in [-0.1, -0.05) is 5.16 Å². The van der Waals surface area contributed by atoms with Crippen LogP contribution in [0.1, 0.15) is 18.5 Å². The Balaban J connectivity index is 1.64. The third-order valence-electron chi connectivity index (χ3n) is 3.80. The van der Waals surface area contributed by atoms with Crippen molar-refractivity contribution in [1.82, 2.24) is 25.1 Å². The van der Waals surface area contributed by atoms with Crippen LogP contribution in [0.3, 0.4) is 0 Å². The lowest BCUT2D eigenvalue weighted by Gasteiger charge is -2.17. The lowest BCUT2D eigenvalue weighted by Crippen LogP contribution is -2.23. The predicted molar refractivity (Wildman–Crippen MR) is 105 cm³/mol. The van der Waals surface area contributed by atoms with Crippen molar-refractivity contribution in [3.8, 4) is 17.1 Å². The Kier molecular flexibility index (Phi) is 6.80. The highest BCUT2D eigenvalue weighted by Gasteiger charge is 2.31.